The maximum Gasteiger partial charge on any atom is 0.273 e. The molecule has 8 heteroatoms. The van der Waals surface area contributed by atoms with Gasteiger partial charge in [-0.3, -0.25) is 4.79 Å². The van der Waals surface area contributed by atoms with Gasteiger partial charge in [-0.05, 0) is 45.0 Å². The fourth-order valence-electron chi connectivity index (χ4n) is 3.34. The van der Waals surface area contributed by atoms with Crippen LogP contribution in [0.5, 0.6) is 0 Å². The van der Waals surface area contributed by atoms with E-state index >= 15 is 0 Å². The van der Waals surface area contributed by atoms with Crippen LogP contribution in [0.3, 0.4) is 0 Å². The normalized spacial score (nSPS) is 15.9. The summed E-state index contributed by atoms with van der Waals surface area (Å²) in [7, 11) is 1.71. The number of carbonyl (C=O) groups excluding carboxylic acids is 1. The Kier molecular flexibility index (Phi) is 7.14. The first-order chi connectivity index (χ1) is 12.2. The van der Waals surface area contributed by atoms with E-state index in [0.717, 1.165) is 37.3 Å². The Hall–Kier alpha value is -1.96. The van der Waals surface area contributed by atoms with Crippen molar-refractivity contribution in [1.82, 2.24) is 25.6 Å². The van der Waals surface area contributed by atoms with Crippen LogP contribution in [0.15, 0.2) is 30.3 Å². The lowest BCUT2D eigenvalue weighted by Gasteiger charge is -2.37. The number of rotatable bonds is 6. The van der Waals surface area contributed by atoms with E-state index in [1.807, 2.05) is 37.3 Å². The molecule has 1 aliphatic rings. The SMILES string of the molecule is COCC1(CNC(=O)c2nnn(-c3ccccc3)c2C)CCNCC1.Cl. The van der Waals surface area contributed by atoms with Crippen LogP contribution in [0.1, 0.15) is 29.0 Å². The van der Waals surface area contributed by atoms with E-state index in [4.69, 9.17) is 4.74 Å². The summed E-state index contributed by atoms with van der Waals surface area (Å²) in [4.78, 5) is 12.6. The van der Waals surface area contributed by atoms with Gasteiger partial charge in [0.15, 0.2) is 5.69 Å². The zero-order valence-corrected chi connectivity index (χ0v) is 16.0. The van der Waals surface area contributed by atoms with Gasteiger partial charge in [-0.15, -0.1) is 17.5 Å². The average Bonchev–Trinajstić information content (AvgIpc) is 3.03. The average molecular weight is 380 g/mol. The third kappa shape index (κ3) is 4.41. The van der Waals surface area contributed by atoms with Gasteiger partial charge in [0.1, 0.15) is 0 Å². The van der Waals surface area contributed by atoms with E-state index in [-0.39, 0.29) is 23.7 Å². The number of benzene rings is 1. The predicted molar refractivity (Wildman–Crippen MR) is 102 cm³/mol. The van der Waals surface area contributed by atoms with Gasteiger partial charge in [0, 0.05) is 19.1 Å². The van der Waals surface area contributed by atoms with Crippen LogP contribution in [-0.2, 0) is 4.74 Å². The van der Waals surface area contributed by atoms with Gasteiger partial charge in [-0.2, -0.15) is 0 Å². The maximum atomic E-state index is 12.6. The number of hydrogen-bond donors (Lipinski definition) is 2. The first-order valence-electron chi connectivity index (χ1n) is 8.61. The molecule has 2 N–H and O–H groups in total. The van der Waals surface area contributed by atoms with E-state index in [1.165, 1.54) is 0 Å². The number of carbonyl (C=O) groups is 1. The molecule has 0 saturated carbocycles. The molecular weight excluding hydrogens is 354 g/mol. The lowest BCUT2D eigenvalue weighted by Crippen LogP contribution is -2.47. The Bertz CT molecular complexity index is 708. The van der Waals surface area contributed by atoms with Crippen molar-refractivity contribution in [1.29, 1.82) is 0 Å². The van der Waals surface area contributed by atoms with Crippen LogP contribution < -0.4 is 10.6 Å². The molecule has 2 aromatic rings. The summed E-state index contributed by atoms with van der Waals surface area (Å²) < 4.78 is 7.08. The first-order valence-corrected chi connectivity index (χ1v) is 8.61. The van der Waals surface area contributed by atoms with Gasteiger partial charge in [-0.1, -0.05) is 23.4 Å². The Morgan fingerprint density at radius 3 is 2.65 bits per heavy atom. The molecule has 1 aromatic heterocycles. The zero-order chi connectivity index (χ0) is 17.7. The van der Waals surface area contributed by atoms with Gasteiger partial charge in [0.2, 0.25) is 0 Å². The molecule has 0 unspecified atom stereocenters. The summed E-state index contributed by atoms with van der Waals surface area (Å²) in [6.45, 7) is 4.98. The monoisotopic (exact) mass is 379 g/mol. The molecular formula is C18H26ClN5O2. The molecule has 1 aromatic carbocycles. The van der Waals surface area contributed by atoms with E-state index in [0.29, 0.717) is 18.8 Å². The summed E-state index contributed by atoms with van der Waals surface area (Å²) in [5.41, 5.74) is 1.97. The third-order valence-corrected chi connectivity index (χ3v) is 4.85. The molecule has 7 nitrogen and oxygen atoms in total. The van der Waals surface area contributed by atoms with E-state index in [2.05, 4.69) is 20.9 Å². The van der Waals surface area contributed by atoms with Crippen molar-refractivity contribution in [2.24, 2.45) is 5.41 Å². The summed E-state index contributed by atoms with van der Waals surface area (Å²) in [6.07, 6.45) is 1.97. The predicted octanol–water partition coefficient (Wildman–Crippen LogP) is 1.74. The number of piperidine rings is 1. The largest absolute Gasteiger partial charge is 0.384 e. The minimum atomic E-state index is -0.186. The van der Waals surface area contributed by atoms with Crippen LogP contribution in [0, 0.1) is 12.3 Å². The second kappa shape index (κ2) is 9.12. The second-order valence-corrected chi connectivity index (χ2v) is 6.64. The van der Waals surface area contributed by atoms with Gasteiger partial charge in [-0.25, -0.2) is 4.68 Å². The molecule has 1 aliphatic heterocycles. The molecule has 1 saturated heterocycles. The van der Waals surface area contributed by atoms with E-state index in [1.54, 1.807) is 11.8 Å². The topological polar surface area (TPSA) is 81.1 Å². The molecule has 0 radical (unpaired) electrons. The summed E-state index contributed by atoms with van der Waals surface area (Å²) in [6, 6.07) is 9.68. The van der Waals surface area contributed by atoms with Crippen molar-refractivity contribution >= 4 is 18.3 Å². The molecule has 0 spiro atoms. The van der Waals surface area contributed by atoms with Crippen LogP contribution in [-0.4, -0.2) is 54.3 Å². The lowest BCUT2D eigenvalue weighted by atomic mass is 9.79. The Balaban J connectivity index is 0.00000243. The Morgan fingerprint density at radius 2 is 2.00 bits per heavy atom. The quantitative estimate of drug-likeness (QED) is 0.799. The standard InChI is InChI=1S/C18H25N5O2.ClH/c1-14-16(21-22-23(14)15-6-4-3-5-7-15)17(24)20-12-18(13-25-2)8-10-19-11-9-18;/h3-7,19H,8-13H2,1-2H3,(H,20,24);1H. The molecule has 142 valence electrons. The molecule has 3 rings (SSSR count). The van der Waals surface area contributed by atoms with Crippen molar-refractivity contribution in [3.05, 3.63) is 41.7 Å². The number of aromatic nitrogens is 3. The van der Waals surface area contributed by atoms with Crippen LogP contribution >= 0.6 is 12.4 Å². The summed E-state index contributed by atoms with van der Waals surface area (Å²) in [5, 5.41) is 14.6. The van der Waals surface area contributed by atoms with Crippen molar-refractivity contribution < 1.29 is 9.53 Å². The highest BCUT2D eigenvalue weighted by atomic mass is 35.5. The van der Waals surface area contributed by atoms with Crippen LogP contribution in [0.25, 0.3) is 5.69 Å². The zero-order valence-electron chi connectivity index (χ0n) is 15.2. The van der Waals surface area contributed by atoms with Crippen molar-refractivity contribution in [2.45, 2.75) is 19.8 Å². The number of methoxy groups -OCH3 is 1. The lowest BCUT2D eigenvalue weighted by molar-refractivity contribution is 0.0510. The number of nitrogens with zero attached hydrogens (tertiary/aromatic N) is 3. The van der Waals surface area contributed by atoms with Crippen LogP contribution in [0.2, 0.25) is 0 Å². The van der Waals surface area contributed by atoms with Gasteiger partial charge in [0.25, 0.3) is 5.91 Å². The molecule has 1 amide bonds. The summed E-state index contributed by atoms with van der Waals surface area (Å²) in [5.74, 6) is -0.186. The molecule has 0 atom stereocenters. The van der Waals surface area contributed by atoms with Crippen LogP contribution in [0.4, 0.5) is 0 Å². The minimum absolute atomic E-state index is 0. The smallest absolute Gasteiger partial charge is 0.273 e. The van der Waals surface area contributed by atoms with Gasteiger partial charge < -0.3 is 15.4 Å². The fourth-order valence-corrected chi connectivity index (χ4v) is 3.34. The molecule has 0 bridgehead atoms. The number of nitrogens with one attached hydrogen (secondary N) is 2. The number of ether oxygens (including phenoxy) is 1. The van der Waals surface area contributed by atoms with Gasteiger partial charge in [0.05, 0.1) is 18.0 Å². The highest BCUT2D eigenvalue weighted by Crippen LogP contribution is 2.28. The van der Waals surface area contributed by atoms with Crippen molar-refractivity contribution in [3.63, 3.8) is 0 Å². The fraction of sp³-hybridized carbons (Fsp3) is 0.500. The first kappa shape index (κ1) is 20.4. The molecule has 0 aliphatic carbocycles. The minimum Gasteiger partial charge on any atom is -0.384 e. The van der Waals surface area contributed by atoms with Crippen molar-refractivity contribution in [3.8, 4) is 5.69 Å². The van der Waals surface area contributed by atoms with Gasteiger partial charge >= 0.3 is 0 Å². The summed E-state index contributed by atoms with van der Waals surface area (Å²) >= 11 is 0. The van der Waals surface area contributed by atoms with E-state index < -0.39 is 0 Å². The number of halogens is 1. The Morgan fingerprint density at radius 1 is 1.31 bits per heavy atom. The van der Waals surface area contributed by atoms with E-state index in [9.17, 15) is 4.79 Å². The maximum absolute atomic E-state index is 12.6. The molecule has 2 heterocycles. The molecule has 26 heavy (non-hydrogen) atoms. The number of para-hydroxylation sites is 1. The highest BCUT2D eigenvalue weighted by Gasteiger charge is 2.33. The highest BCUT2D eigenvalue weighted by molar-refractivity contribution is 5.93. The number of amides is 1. The number of hydrogen-bond acceptors (Lipinski definition) is 5. The third-order valence-electron chi connectivity index (χ3n) is 4.85. The van der Waals surface area contributed by atoms with Crippen molar-refractivity contribution in [2.75, 3.05) is 33.4 Å². The second-order valence-electron chi connectivity index (χ2n) is 6.64. The molecule has 1 fully saturated rings. The Labute approximate surface area is 159 Å².